The number of rotatable bonds is 1. The molecule has 0 saturated carbocycles. The molecular formula is C14H18N2O. The second-order valence-corrected chi connectivity index (χ2v) is 5.31. The van der Waals surface area contributed by atoms with Gasteiger partial charge in [-0.2, -0.15) is 0 Å². The summed E-state index contributed by atoms with van der Waals surface area (Å²) in [4.78, 5) is 11.1. The van der Waals surface area contributed by atoms with Crippen LogP contribution in [0.4, 0.5) is 0 Å². The van der Waals surface area contributed by atoms with E-state index in [9.17, 15) is 4.79 Å². The van der Waals surface area contributed by atoms with Crippen molar-refractivity contribution in [1.29, 1.82) is 0 Å². The van der Waals surface area contributed by atoms with E-state index in [2.05, 4.69) is 37.4 Å². The number of primary amides is 1. The lowest BCUT2D eigenvalue weighted by Crippen LogP contribution is -2.44. The predicted molar refractivity (Wildman–Crippen MR) is 69.3 cm³/mol. The van der Waals surface area contributed by atoms with Gasteiger partial charge in [-0.1, -0.05) is 17.7 Å². The van der Waals surface area contributed by atoms with Crippen molar-refractivity contribution >= 4 is 11.6 Å². The zero-order chi connectivity index (χ0) is 12.6. The SMILES string of the molecule is Cc1ccc2c(c1)/C(=C/C(N)=O)NC(C)(C)C2. The Hall–Kier alpha value is -1.77. The topological polar surface area (TPSA) is 55.1 Å². The Labute approximate surface area is 102 Å². The second-order valence-electron chi connectivity index (χ2n) is 5.31. The first-order valence-electron chi connectivity index (χ1n) is 5.77. The zero-order valence-corrected chi connectivity index (χ0v) is 10.5. The zero-order valence-electron chi connectivity index (χ0n) is 10.5. The van der Waals surface area contributed by atoms with Crippen molar-refractivity contribution in [3.8, 4) is 0 Å². The monoisotopic (exact) mass is 230 g/mol. The number of benzene rings is 1. The van der Waals surface area contributed by atoms with Crippen molar-refractivity contribution in [1.82, 2.24) is 5.32 Å². The summed E-state index contributed by atoms with van der Waals surface area (Å²) in [7, 11) is 0. The maximum atomic E-state index is 11.1. The Morgan fingerprint density at radius 1 is 1.47 bits per heavy atom. The molecule has 17 heavy (non-hydrogen) atoms. The Balaban J connectivity index is 2.56. The van der Waals surface area contributed by atoms with Crippen LogP contribution in [0.15, 0.2) is 24.3 Å². The van der Waals surface area contributed by atoms with E-state index in [1.807, 2.05) is 6.92 Å². The third kappa shape index (κ3) is 2.49. The molecule has 2 rings (SSSR count). The molecule has 3 heteroatoms. The highest BCUT2D eigenvalue weighted by molar-refractivity contribution is 5.94. The first-order chi connectivity index (χ1) is 7.87. The molecule has 1 aromatic rings. The van der Waals surface area contributed by atoms with E-state index in [0.29, 0.717) is 0 Å². The fourth-order valence-electron chi connectivity index (χ4n) is 2.30. The van der Waals surface area contributed by atoms with Crippen molar-refractivity contribution in [3.05, 3.63) is 41.0 Å². The van der Waals surface area contributed by atoms with Crippen LogP contribution in [0.2, 0.25) is 0 Å². The molecular weight excluding hydrogens is 212 g/mol. The van der Waals surface area contributed by atoms with Crippen molar-refractivity contribution in [2.75, 3.05) is 0 Å². The highest BCUT2D eigenvalue weighted by Gasteiger charge is 2.27. The maximum absolute atomic E-state index is 11.1. The van der Waals surface area contributed by atoms with E-state index in [1.165, 1.54) is 17.2 Å². The number of carbonyl (C=O) groups is 1. The summed E-state index contributed by atoms with van der Waals surface area (Å²) >= 11 is 0. The number of hydrogen-bond donors (Lipinski definition) is 2. The van der Waals surface area contributed by atoms with Crippen LogP contribution in [0.5, 0.6) is 0 Å². The van der Waals surface area contributed by atoms with Gasteiger partial charge in [0.1, 0.15) is 0 Å². The van der Waals surface area contributed by atoms with E-state index in [4.69, 9.17) is 5.73 Å². The van der Waals surface area contributed by atoms with E-state index >= 15 is 0 Å². The molecule has 1 aliphatic heterocycles. The van der Waals surface area contributed by atoms with Crippen LogP contribution in [-0.4, -0.2) is 11.4 Å². The average Bonchev–Trinajstić information content (AvgIpc) is 2.17. The molecule has 0 spiro atoms. The van der Waals surface area contributed by atoms with E-state index in [-0.39, 0.29) is 5.54 Å². The van der Waals surface area contributed by atoms with Crippen LogP contribution >= 0.6 is 0 Å². The lowest BCUT2D eigenvalue weighted by Gasteiger charge is -2.35. The van der Waals surface area contributed by atoms with Gasteiger partial charge in [-0.25, -0.2) is 0 Å². The number of hydrogen-bond acceptors (Lipinski definition) is 2. The van der Waals surface area contributed by atoms with Gasteiger partial charge in [-0.15, -0.1) is 0 Å². The van der Waals surface area contributed by atoms with Crippen LogP contribution in [-0.2, 0) is 11.2 Å². The van der Waals surface area contributed by atoms with Crippen LogP contribution in [0.1, 0.15) is 30.5 Å². The summed E-state index contributed by atoms with van der Waals surface area (Å²) < 4.78 is 0. The minimum atomic E-state index is -0.419. The Morgan fingerprint density at radius 3 is 2.82 bits per heavy atom. The maximum Gasteiger partial charge on any atom is 0.243 e. The third-order valence-corrected chi connectivity index (χ3v) is 2.95. The number of amides is 1. The smallest absolute Gasteiger partial charge is 0.243 e. The highest BCUT2D eigenvalue weighted by atomic mass is 16.1. The van der Waals surface area contributed by atoms with Gasteiger partial charge in [-0.3, -0.25) is 4.79 Å². The van der Waals surface area contributed by atoms with Gasteiger partial charge in [0.05, 0.1) is 0 Å². The molecule has 90 valence electrons. The summed E-state index contributed by atoms with van der Waals surface area (Å²) in [5.74, 6) is -0.419. The average molecular weight is 230 g/mol. The Morgan fingerprint density at radius 2 is 2.18 bits per heavy atom. The quantitative estimate of drug-likeness (QED) is 0.722. The minimum Gasteiger partial charge on any atom is -0.379 e. The molecule has 1 amide bonds. The van der Waals surface area contributed by atoms with Gasteiger partial charge in [0, 0.05) is 22.9 Å². The van der Waals surface area contributed by atoms with Gasteiger partial charge in [0.2, 0.25) is 5.91 Å². The molecule has 3 N–H and O–H groups in total. The lowest BCUT2D eigenvalue weighted by atomic mass is 9.85. The van der Waals surface area contributed by atoms with Gasteiger partial charge in [0.15, 0.2) is 0 Å². The molecule has 1 aromatic carbocycles. The summed E-state index contributed by atoms with van der Waals surface area (Å²) in [6.07, 6.45) is 2.41. The van der Waals surface area contributed by atoms with Gasteiger partial charge in [0.25, 0.3) is 0 Å². The standard InChI is InChI=1S/C14H18N2O/c1-9-4-5-10-8-14(2,3)16-12(7-13(15)17)11(10)6-9/h4-7,16H,8H2,1-3H3,(H2,15,17)/b12-7-. The van der Waals surface area contributed by atoms with Crippen molar-refractivity contribution in [2.45, 2.75) is 32.7 Å². The number of carbonyl (C=O) groups excluding carboxylic acids is 1. The normalized spacial score (nSPS) is 19.6. The van der Waals surface area contributed by atoms with E-state index < -0.39 is 5.91 Å². The largest absolute Gasteiger partial charge is 0.379 e. The fraction of sp³-hybridized carbons (Fsp3) is 0.357. The van der Waals surface area contributed by atoms with Gasteiger partial charge in [-0.05, 0) is 38.8 Å². The minimum absolute atomic E-state index is 0.0520. The number of nitrogens with one attached hydrogen (secondary N) is 1. The molecule has 0 aromatic heterocycles. The summed E-state index contributed by atoms with van der Waals surface area (Å²) in [5.41, 5.74) is 9.55. The van der Waals surface area contributed by atoms with Crippen molar-refractivity contribution in [2.24, 2.45) is 5.73 Å². The molecule has 0 fully saturated rings. The van der Waals surface area contributed by atoms with Gasteiger partial charge < -0.3 is 11.1 Å². The van der Waals surface area contributed by atoms with Crippen LogP contribution in [0.3, 0.4) is 0 Å². The Kier molecular flexibility index (Phi) is 2.69. The molecule has 0 atom stereocenters. The van der Waals surface area contributed by atoms with Crippen LogP contribution in [0, 0.1) is 6.92 Å². The van der Waals surface area contributed by atoms with Crippen molar-refractivity contribution < 1.29 is 4.79 Å². The lowest BCUT2D eigenvalue weighted by molar-refractivity contribution is -0.113. The van der Waals surface area contributed by atoms with E-state index in [0.717, 1.165) is 17.7 Å². The molecule has 0 bridgehead atoms. The van der Waals surface area contributed by atoms with E-state index in [1.54, 1.807) is 0 Å². The molecule has 0 radical (unpaired) electrons. The third-order valence-electron chi connectivity index (χ3n) is 2.95. The molecule has 0 aliphatic carbocycles. The fourth-order valence-corrected chi connectivity index (χ4v) is 2.30. The molecule has 3 nitrogen and oxygen atoms in total. The summed E-state index contributed by atoms with van der Waals surface area (Å²) in [6, 6.07) is 6.32. The Bertz CT molecular complexity index is 501. The summed E-state index contributed by atoms with van der Waals surface area (Å²) in [6.45, 7) is 6.27. The van der Waals surface area contributed by atoms with Crippen molar-refractivity contribution in [3.63, 3.8) is 0 Å². The molecule has 0 saturated heterocycles. The number of fused-ring (bicyclic) bond motifs is 1. The number of nitrogens with two attached hydrogens (primary N) is 1. The van der Waals surface area contributed by atoms with Gasteiger partial charge >= 0.3 is 0 Å². The predicted octanol–water partition coefficient (Wildman–Crippen LogP) is 1.75. The highest BCUT2D eigenvalue weighted by Crippen LogP contribution is 2.30. The summed E-state index contributed by atoms with van der Waals surface area (Å²) in [5, 5.41) is 3.37. The van der Waals surface area contributed by atoms with Crippen LogP contribution in [0.25, 0.3) is 5.70 Å². The first-order valence-corrected chi connectivity index (χ1v) is 5.77. The van der Waals surface area contributed by atoms with Crippen LogP contribution < -0.4 is 11.1 Å². The molecule has 1 heterocycles. The second kappa shape index (κ2) is 3.91. The molecule has 0 unspecified atom stereocenters. The number of aryl methyl sites for hydroxylation is 1. The first kappa shape index (κ1) is 11.7. The molecule has 1 aliphatic rings.